The summed E-state index contributed by atoms with van der Waals surface area (Å²) >= 11 is 0. The minimum Gasteiger partial charge on any atom is -0.497 e. The number of methoxy groups -OCH3 is 1. The second kappa shape index (κ2) is 11.7. The summed E-state index contributed by atoms with van der Waals surface area (Å²) in [5, 5.41) is 72.5. The first-order chi connectivity index (χ1) is 18.1. The summed E-state index contributed by atoms with van der Waals surface area (Å²) in [6, 6.07) is 6.83. The number of benzene rings is 1. The first kappa shape index (κ1) is 28.4. The predicted molar refractivity (Wildman–Crippen MR) is 126 cm³/mol. The molecule has 0 unspecified atom stereocenters. The van der Waals surface area contributed by atoms with E-state index in [-0.39, 0.29) is 0 Å². The average molecular weight is 541 g/mol. The molecule has 0 amide bonds. The molecule has 0 radical (unpaired) electrons. The van der Waals surface area contributed by atoms with Gasteiger partial charge in [0.1, 0.15) is 48.5 Å². The monoisotopic (exact) mass is 540 g/mol. The highest BCUT2D eigenvalue weighted by molar-refractivity contribution is 5.87. The zero-order valence-corrected chi connectivity index (χ0v) is 20.4. The second-order valence-electron chi connectivity index (χ2n) is 9.41. The zero-order chi connectivity index (χ0) is 27.6. The van der Waals surface area contributed by atoms with E-state index in [9.17, 15) is 40.5 Å². The van der Waals surface area contributed by atoms with Gasteiger partial charge >= 0.3 is 5.97 Å². The largest absolute Gasteiger partial charge is 0.497 e. The normalized spacial score (nSPS) is 40.5. The van der Waals surface area contributed by atoms with Gasteiger partial charge in [-0.1, -0.05) is 12.1 Å². The molecule has 11 atom stereocenters. The molecule has 1 aliphatic carbocycles. The van der Waals surface area contributed by atoms with E-state index < -0.39 is 85.8 Å². The van der Waals surface area contributed by atoms with Crippen LogP contribution in [0.3, 0.4) is 0 Å². The number of fused-ring (bicyclic) bond motifs is 1. The van der Waals surface area contributed by atoms with Crippen molar-refractivity contribution in [2.75, 3.05) is 20.3 Å². The molecule has 2 aliphatic heterocycles. The van der Waals surface area contributed by atoms with Crippen LogP contribution in [0.2, 0.25) is 0 Å². The second-order valence-corrected chi connectivity index (χ2v) is 9.41. The number of rotatable bonds is 8. The maximum Gasteiger partial charge on any atom is 0.330 e. The van der Waals surface area contributed by atoms with E-state index in [0.29, 0.717) is 11.3 Å². The lowest BCUT2D eigenvalue weighted by molar-refractivity contribution is -0.348. The molecule has 38 heavy (non-hydrogen) atoms. The number of carbonyl (C=O) groups excluding carboxylic acids is 1. The van der Waals surface area contributed by atoms with Crippen LogP contribution in [0.1, 0.15) is 5.56 Å². The van der Waals surface area contributed by atoms with Gasteiger partial charge in [0.25, 0.3) is 0 Å². The molecule has 3 aliphatic rings. The van der Waals surface area contributed by atoms with E-state index >= 15 is 0 Å². The molecule has 13 nitrogen and oxygen atoms in total. The highest BCUT2D eigenvalue weighted by Crippen LogP contribution is 2.47. The number of ether oxygens (including phenoxy) is 5. The van der Waals surface area contributed by atoms with Crippen molar-refractivity contribution in [3.8, 4) is 5.75 Å². The molecule has 2 fully saturated rings. The van der Waals surface area contributed by atoms with Crippen LogP contribution >= 0.6 is 0 Å². The van der Waals surface area contributed by atoms with Gasteiger partial charge in [0, 0.05) is 12.0 Å². The molecular formula is C25H32O13. The van der Waals surface area contributed by atoms with E-state index in [1.165, 1.54) is 25.5 Å². The lowest BCUT2D eigenvalue weighted by atomic mass is 9.83. The van der Waals surface area contributed by atoms with Crippen molar-refractivity contribution in [3.05, 3.63) is 48.2 Å². The number of esters is 1. The van der Waals surface area contributed by atoms with Gasteiger partial charge in [-0.05, 0) is 29.8 Å². The maximum atomic E-state index is 12.4. The minimum absolute atomic E-state index is 0.638. The van der Waals surface area contributed by atoms with Crippen LogP contribution < -0.4 is 4.74 Å². The SMILES string of the molecule is COc1ccc(C=CC(=O)OC[C@]2(O)[C@H]3[C@H](O[C@@H]4O[C@H](CO)[C@@H](O)[C@H](O)[C@H]4O)OC=C[C@H]3[C@H](O)[C@@H]2O)cc1. The van der Waals surface area contributed by atoms with Gasteiger partial charge in [0.2, 0.25) is 6.29 Å². The molecule has 7 N–H and O–H groups in total. The minimum atomic E-state index is -2.25. The third-order valence-electron chi connectivity index (χ3n) is 7.12. The van der Waals surface area contributed by atoms with Crippen LogP contribution in [0.15, 0.2) is 42.7 Å². The van der Waals surface area contributed by atoms with Crippen LogP contribution in [-0.2, 0) is 23.7 Å². The van der Waals surface area contributed by atoms with E-state index in [2.05, 4.69) is 0 Å². The molecular weight excluding hydrogens is 508 g/mol. The number of aliphatic hydroxyl groups is 7. The molecule has 1 saturated heterocycles. The molecule has 4 rings (SSSR count). The third-order valence-corrected chi connectivity index (χ3v) is 7.12. The Bertz CT molecular complexity index is 1010. The standard InChI is InChI=1S/C25H32O13/c1-34-13-5-2-12(3-6-13)4-7-16(27)36-11-25(33)17-14(18(28)22(25)32)8-9-35-23(17)38-24-21(31)20(30)19(29)15(10-26)37-24/h2-9,14-15,17-24,26,28-33H,10-11H2,1H3/t14-,15-,17-,18+,19-,20+,21-,22+,23+,24+,25+/m1/s1. The molecule has 13 heteroatoms. The summed E-state index contributed by atoms with van der Waals surface area (Å²) in [4.78, 5) is 12.4. The summed E-state index contributed by atoms with van der Waals surface area (Å²) in [6.45, 7) is -1.44. The highest BCUT2D eigenvalue weighted by Gasteiger charge is 2.64. The zero-order valence-electron chi connectivity index (χ0n) is 20.4. The summed E-state index contributed by atoms with van der Waals surface area (Å²) < 4.78 is 26.7. The van der Waals surface area contributed by atoms with Gasteiger partial charge in [-0.15, -0.1) is 0 Å². The van der Waals surface area contributed by atoms with Crippen LogP contribution in [0.5, 0.6) is 5.75 Å². The topological polar surface area (TPSA) is 205 Å². The van der Waals surface area contributed by atoms with Crippen molar-refractivity contribution < 1.29 is 64.2 Å². The van der Waals surface area contributed by atoms with Gasteiger partial charge in [-0.25, -0.2) is 4.79 Å². The van der Waals surface area contributed by atoms with E-state index in [1.54, 1.807) is 24.3 Å². The fraction of sp³-hybridized carbons (Fsp3) is 0.560. The van der Waals surface area contributed by atoms with Gasteiger partial charge in [-0.2, -0.15) is 0 Å². The van der Waals surface area contributed by atoms with Crippen LogP contribution in [0.4, 0.5) is 0 Å². The number of aliphatic hydroxyl groups excluding tert-OH is 6. The van der Waals surface area contributed by atoms with Gasteiger partial charge < -0.3 is 59.4 Å². The van der Waals surface area contributed by atoms with Crippen molar-refractivity contribution in [2.24, 2.45) is 11.8 Å². The summed E-state index contributed by atoms with van der Waals surface area (Å²) in [6.07, 6.45) is -7.53. The Balaban J connectivity index is 1.47. The number of hydrogen-bond acceptors (Lipinski definition) is 13. The quantitative estimate of drug-likeness (QED) is 0.136. The molecule has 1 saturated carbocycles. The van der Waals surface area contributed by atoms with Crippen molar-refractivity contribution in [2.45, 2.75) is 54.8 Å². The molecule has 210 valence electrons. The fourth-order valence-electron chi connectivity index (χ4n) is 4.92. The Kier molecular flexibility index (Phi) is 8.72. The molecule has 0 bridgehead atoms. The van der Waals surface area contributed by atoms with Gasteiger partial charge in [0.15, 0.2) is 6.29 Å². The third kappa shape index (κ3) is 5.43. The Morgan fingerprint density at radius 1 is 1.03 bits per heavy atom. The molecule has 0 aromatic heterocycles. The Morgan fingerprint density at radius 2 is 1.74 bits per heavy atom. The first-order valence-corrected chi connectivity index (χ1v) is 12.0. The Hall–Kier alpha value is -2.59. The maximum absolute atomic E-state index is 12.4. The van der Waals surface area contributed by atoms with Crippen molar-refractivity contribution in [3.63, 3.8) is 0 Å². The molecule has 1 aromatic rings. The lowest BCUT2D eigenvalue weighted by Gasteiger charge is -2.44. The van der Waals surface area contributed by atoms with E-state index in [1.807, 2.05) is 0 Å². The summed E-state index contributed by atoms with van der Waals surface area (Å²) in [5.41, 5.74) is -1.58. The van der Waals surface area contributed by atoms with E-state index in [4.69, 9.17) is 23.7 Å². The lowest BCUT2D eigenvalue weighted by Crippen LogP contribution is -2.61. The highest BCUT2D eigenvalue weighted by atomic mass is 16.8. The summed E-state index contributed by atoms with van der Waals surface area (Å²) in [5.74, 6) is -2.33. The van der Waals surface area contributed by atoms with Crippen LogP contribution in [-0.4, -0.2) is 117 Å². The predicted octanol–water partition coefficient (Wildman–Crippen LogP) is -2.36. The van der Waals surface area contributed by atoms with Crippen molar-refractivity contribution in [1.82, 2.24) is 0 Å². The molecule has 0 spiro atoms. The summed E-state index contributed by atoms with van der Waals surface area (Å²) in [7, 11) is 1.53. The smallest absolute Gasteiger partial charge is 0.330 e. The van der Waals surface area contributed by atoms with E-state index in [0.717, 1.165) is 6.08 Å². The molecule has 2 heterocycles. The van der Waals surface area contributed by atoms with Crippen molar-refractivity contribution in [1.29, 1.82) is 0 Å². The first-order valence-electron chi connectivity index (χ1n) is 12.0. The van der Waals surface area contributed by atoms with Crippen molar-refractivity contribution >= 4 is 12.0 Å². The van der Waals surface area contributed by atoms with Gasteiger partial charge in [0.05, 0.1) is 32.0 Å². The fourth-order valence-corrected chi connectivity index (χ4v) is 4.92. The number of hydrogen-bond donors (Lipinski definition) is 7. The number of carbonyl (C=O) groups is 1. The Labute approximate surface area is 217 Å². The average Bonchev–Trinajstić information content (AvgIpc) is 3.13. The Morgan fingerprint density at radius 3 is 2.39 bits per heavy atom. The van der Waals surface area contributed by atoms with Gasteiger partial charge in [-0.3, -0.25) is 0 Å². The van der Waals surface area contributed by atoms with Crippen LogP contribution in [0.25, 0.3) is 6.08 Å². The van der Waals surface area contributed by atoms with Crippen LogP contribution in [0, 0.1) is 11.8 Å². The molecule has 1 aromatic carbocycles.